The molecular formula is C22H24N4O2. The molecule has 2 amide bonds. The van der Waals surface area contributed by atoms with Crippen LogP contribution in [-0.4, -0.2) is 39.4 Å². The van der Waals surface area contributed by atoms with Crippen molar-refractivity contribution in [2.75, 3.05) is 18.4 Å². The normalized spacial score (nSPS) is 16.9. The average Bonchev–Trinajstić information content (AvgIpc) is 3.06. The highest BCUT2D eigenvalue weighted by Crippen LogP contribution is 2.22. The smallest absolute Gasteiger partial charge is 0.289 e. The lowest BCUT2D eigenvalue weighted by Gasteiger charge is -2.31. The van der Waals surface area contributed by atoms with Crippen LogP contribution in [0.15, 0.2) is 48.5 Å². The Kier molecular flexibility index (Phi) is 4.86. The molecule has 144 valence electrons. The van der Waals surface area contributed by atoms with Crippen molar-refractivity contribution in [1.29, 1.82) is 0 Å². The van der Waals surface area contributed by atoms with E-state index in [1.807, 2.05) is 67.1 Å². The highest BCUT2D eigenvalue weighted by atomic mass is 16.2. The zero-order chi connectivity index (χ0) is 19.7. The number of hydrogen-bond donors (Lipinski definition) is 1. The SMILES string of the molecule is Cc1ccc(NC(=O)C2CCCN(C(=O)c3nc4ccccc4n3C)C2)cc1. The van der Waals surface area contributed by atoms with E-state index < -0.39 is 0 Å². The summed E-state index contributed by atoms with van der Waals surface area (Å²) in [6, 6.07) is 15.4. The number of nitrogens with zero attached hydrogens (tertiary/aromatic N) is 3. The van der Waals surface area contributed by atoms with Crippen molar-refractivity contribution in [3.8, 4) is 0 Å². The van der Waals surface area contributed by atoms with Gasteiger partial charge in [-0.1, -0.05) is 29.8 Å². The summed E-state index contributed by atoms with van der Waals surface area (Å²) < 4.78 is 1.83. The average molecular weight is 376 g/mol. The summed E-state index contributed by atoms with van der Waals surface area (Å²) in [5.41, 5.74) is 3.67. The Balaban J connectivity index is 1.48. The first kappa shape index (κ1) is 18.2. The molecule has 0 radical (unpaired) electrons. The number of carbonyl (C=O) groups is 2. The minimum atomic E-state index is -0.214. The number of piperidine rings is 1. The second-order valence-corrected chi connectivity index (χ2v) is 7.43. The van der Waals surface area contributed by atoms with Gasteiger partial charge < -0.3 is 14.8 Å². The number of nitrogens with one attached hydrogen (secondary N) is 1. The first-order valence-corrected chi connectivity index (χ1v) is 9.61. The highest BCUT2D eigenvalue weighted by Gasteiger charge is 2.30. The fraction of sp³-hybridized carbons (Fsp3) is 0.318. The van der Waals surface area contributed by atoms with Gasteiger partial charge in [0.15, 0.2) is 5.82 Å². The monoisotopic (exact) mass is 376 g/mol. The number of imidazole rings is 1. The molecule has 1 aliphatic heterocycles. The van der Waals surface area contributed by atoms with Crippen molar-refractivity contribution in [1.82, 2.24) is 14.5 Å². The van der Waals surface area contributed by atoms with Gasteiger partial charge in [-0.05, 0) is 44.0 Å². The molecule has 1 fully saturated rings. The third-order valence-corrected chi connectivity index (χ3v) is 5.38. The topological polar surface area (TPSA) is 67.2 Å². The zero-order valence-corrected chi connectivity index (χ0v) is 16.2. The molecule has 1 N–H and O–H groups in total. The molecule has 1 aromatic heterocycles. The number of hydrogen-bond acceptors (Lipinski definition) is 3. The Morgan fingerprint density at radius 1 is 1.11 bits per heavy atom. The number of anilines is 1. The fourth-order valence-corrected chi connectivity index (χ4v) is 3.74. The van der Waals surface area contributed by atoms with Crippen LogP contribution >= 0.6 is 0 Å². The van der Waals surface area contributed by atoms with Gasteiger partial charge in [-0.25, -0.2) is 4.98 Å². The lowest BCUT2D eigenvalue weighted by molar-refractivity contribution is -0.121. The fourth-order valence-electron chi connectivity index (χ4n) is 3.74. The zero-order valence-electron chi connectivity index (χ0n) is 16.2. The van der Waals surface area contributed by atoms with Crippen LogP contribution in [0.25, 0.3) is 11.0 Å². The molecule has 0 aliphatic carbocycles. The summed E-state index contributed by atoms with van der Waals surface area (Å²) in [5, 5.41) is 2.97. The molecule has 2 aromatic carbocycles. The van der Waals surface area contributed by atoms with Crippen LogP contribution in [0, 0.1) is 12.8 Å². The van der Waals surface area contributed by atoms with Gasteiger partial charge in [0.05, 0.1) is 17.0 Å². The van der Waals surface area contributed by atoms with Crippen LogP contribution < -0.4 is 5.32 Å². The number of para-hydroxylation sites is 2. The summed E-state index contributed by atoms with van der Waals surface area (Å²) in [4.78, 5) is 32.0. The van der Waals surface area contributed by atoms with Crippen LogP contribution in [-0.2, 0) is 11.8 Å². The molecule has 0 saturated carbocycles. The Morgan fingerprint density at radius 2 is 1.86 bits per heavy atom. The second kappa shape index (κ2) is 7.46. The Morgan fingerprint density at radius 3 is 2.61 bits per heavy atom. The minimum Gasteiger partial charge on any atom is -0.335 e. The van der Waals surface area contributed by atoms with Gasteiger partial charge in [-0.15, -0.1) is 0 Å². The van der Waals surface area contributed by atoms with E-state index in [4.69, 9.17) is 0 Å². The van der Waals surface area contributed by atoms with Gasteiger partial charge in [0, 0.05) is 25.8 Å². The number of rotatable bonds is 3. The van der Waals surface area contributed by atoms with E-state index in [2.05, 4.69) is 10.3 Å². The maximum atomic E-state index is 13.1. The Bertz CT molecular complexity index is 1020. The predicted octanol–water partition coefficient (Wildman–Crippen LogP) is 3.37. The van der Waals surface area contributed by atoms with Gasteiger partial charge in [0.25, 0.3) is 5.91 Å². The number of fused-ring (bicyclic) bond motifs is 1. The van der Waals surface area contributed by atoms with E-state index in [1.165, 1.54) is 0 Å². The molecule has 28 heavy (non-hydrogen) atoms. The van der Waals surface area contributed by atoms with Crippen molar-refractivity contribution in [2.24, 2.45) is 13.0 Å². The van der Waals surface area contributed by atoms with Crippen LogP contribution in [0.5, 0.6) is 0 Å². The molecule has 0 bridgehead atoms. The quantitative estimate of drug-likeness (QED) is 0.762. The van der Waals surface area contributed by atoms with Crippen molar-refractivity contribution < 1.29 is 9.59 Å². The number of carbonyl (C=O) groups excluding carboxylic acids is 2. The van der Waals surface area contributed by atoms with E-state index >= 15 is 0 Å². The Labute approximate surface area is 164 Å². The number of benzene rings is 2. The minimum absolute atomic E-state index is 0.0358. The molecule has 1 unspecified atom stereocenters. The van der Waals surface area contributed by atoms with Gasteiger partial charge >= 0.3 is 0 Å². The van der Waals surface area contributed by atoms with Crippen LogP contribution in [0.4, 0.5) is 5.69 Å². The van der Waals surface area contributed by atoms with Crippen molar-refractivity contribution in [3.05, 3.63) is 59.9 Å². The number of amides is 2. The van der Waals surface area contributed by atoms with Crippen molar-refractivity contribution >= 4 is 28.5 Å². The van der Waals surface area contributed by atoms with Crippen molar-refractivity contribution in [2.45, 2.75) is 19.8 Å². The molecule has 1 aliphatic rings. The molecule has 3 aromatic rings. The molecule has 1 atom stereocenters. The lowest BCUT2D eigenvalue weighted by atomic mass is 9.97. The third kappa shape index (κ3) is 3.50. The first-order valence-electron chi connectivity index (χ1n) is 9.61. The summed E-state index contributed by atoms with van der Waals surface area (Å²) >= 11 is 0. The van der Waals surface area contributed by atoms with Gasteiger partial charge in [-0.3, -0.25) is 9.59 Å². The second-order valence-electron chi connectivity index (χ2n) is 7.43. The lowest BCUT2D eigenvalue weighted by Crippen LogP contribution is -2.44. The molecule has 2 heterocycles. The van der Waals surface area contributed by atoms with Gasteiger partial charge in [0.1, 0.15) is 0 Å². The van der Waals surface area contributed by atoms with Gasteiger partial charge in [-0.2, -0.15) is 0 Å². The summed E-state index contributed by atoms with van der Waals surface area (Å²) in [6.45, 7) is 3.08. The Hall–Kier alpha value is -3.15. The van der Waals surface area contributed by atoms with E-state index in [0.717, 1.165) is 35.1 Å². The van der Waals surface area contributed by atoms with Gasteiger partial charge in [0.2, 0.25) is 5.91 Å². The molecular weight excluding hydrogens is 352 g/mol. The molecule has 4 rings (SSSR count). The molecule has 6 nitrogen and oxygen atoms in total. The number of likely N-dealkylation sites (tertiary alicyclic amines) is 1. The van der Waals surface area contributed by atoms with E-state index in [0.29, 0.717) is 18.9 Å². The summed E-state index contributed by atoms with van der Waals surface area (Å²) in [7, 11) is 1.86. The van der Waals surface area contributed by atoms with E-state index in [1.54, 1.807) is 4.90 Å². The van der Waals surface area contributed by atoms with Crippen LogP contribution in [0.2, 0.25) is 0 Å². The maximum absolute atomic E-state index is 13.1. The number of aryl methyl sites for hydroxylation is 2. The predicted molar refractivity (Wildman–Crippen MR) is 109 cm³/mol. The van der Waals surface area contributed by atoms with E-state index in [-0.39, 0.29) is 17.7 Å². The third-order valence-electron chi connectivity index (χ3n) is 5.38. The van der Waals surface area contributed by atoms with Crippen LogP contribution in [0.1, 0.15) is 29.0 Å². The molecule has 6 heteroatoms. The number of aromatic nitrogens is 2. The molecule has 0 spiro atoms. The standard InChI is InChI=1S/C22H24N4O2/c1-15-9-11-17(12-10-15)23-21(27)16-6-5-13-26(14-16)22(28)20-24-18-7-3-4-8-19(18)25(20)2/h3-4,7-12,16H,5-6,13-14H2,1-2H3,(H,23,27). The summed E-state index contributed by atoms with van der Waals surface area (Å²) in [5.74, 6) is 0.0485. The van der Waals surface area contributed by atoms with Crippen LogP contribution in [0.3, 0.4) is 0 Å². The molecule has 1 saturated heterocycles. The van der Waals surface area contributed by atoms with E-state index in [9.17, 15) is 9.59 Å². The highest BCUT2D eigenvalue weighted by molar-refractivity contribution is 5.96. The van der Waals surface area contributed by atoms with Crippen molar-refractivity contribution in [3.63, 3.8) is 0 Å². The largest absolute Gasteiger partial charge is 0.335 e. The first-order chi connectivity index (χ1) is 13.5. The summed E-state index contributed by atoms with van der Waals surface area (Å²) in [6.07, 6.45) is 1.59. The maximum Gasteiger partial charge on any atom is 0.289 e.